The van der Waals surface area contributed by atoms with Gasteiger partial charge in [-0.3, -0.25) is 0 Å². The second kappa shape index (κ2) is 5.87. The fraction of sp³-hybridized carbons (Fsp3) is 0.200. The van der Waals surface area contributed by atoms with E-state index in [1.54, 1.807) is 0 Å². The lowest BCUT2D eigenvalue weighted by molar-refractivity contribution is -0.137. The fourth-order valence-electron chi connectivity index (χ4n) is 1.84. The smallest absolute Gasteiger partial charge is 0.379 e. The van der Waals surface area contributed by atoms with Gasteiger partial charge in [0.25, 0.3) is 0 Å². The van der Waals surface area contributed by atoms with Crippen LogP contribution in [0.15, 0.2) is 53.0 Å². The van der Waals surface area contributed by atoms with Gasteiger partial charge in [-0.25, -0.2) is 0 Å². The molecule has 20 heavy (non-hydrogen) atoms. The van der Waals surface area contributed by atoms with Crippen LogP contribution in [0.25, 0.3) is 0 Å². The van der Waals surface area contributed by atoms with Crippen LogP contribution in [0.3, 0.4) is 0 Å². The average molecular weight is 344 g/mol. The first-order chi connectivity index (χ1) is 9.36. The van der Waals surface area contributed by atoms with Crippen LogP contribution >= 0.6 is 15.9 Å². The summed E-state index contributed by atoms with van der Waals surface area (Å²) in [7, 11) is 0. The van der Waals surface area contributed by atoms with Gasteiger partial charge in [0, 0.05) is 16.2 Å². The molecule has 0 heterocycles. The molecule has 0 aliphatic rings. The minimum atomic E-state index is -4.29. The zero-order valence-corrected chi connectivity index (χ0v) is 12.3. The van der Waals surface area contributed by atoms with E-state index in [1.807, 2.05) is 31.2 Å². The topological polar surface area (TPSA) is 12.0 Å². The van der Waals surface area contributed by atoms with E-state index >= 15 is 0 Å². The van der Waals surface area contributed by atoms with Crippen molar-refractivity contribution in [2.24, 2.45) is 0 Å². The molecule has 0 spiro atoms. The van der Waals surface area contributed by atoms with Crippen LogP contribution in [-0.2, 0) is 6.18 Å². The van der Waals surface area contributed by atoms with E-state index < -0.39 is 11.7 Å². The van der Waals surface area contributed by atoms with Gasteiger partial charge in [-0.15, -0.1) is 0 Å². The monoisotopic (exact) mass is 343 g/mol. The summed E-state index contributed by atoms with van der Waals surface area (Å²) in [4.78, 5) is 0. The highest BCUT2D eigenvalue weighted by Gasteiger charge is 2.30. The molecular weight excluding hydrogens is 331 g/mol. The van der Waals surface area contributed by atoms with E-state index in [0.29, 0.717) is 0 Å². The zero-order valence-electron chi connectivity index (χ0n) is 10.7. The van der Waals surface area contributed by atoms with Gasteiger partial charge in [0.15, 0.2) is 0 Å². The highest BCUT2D eigenvalue weighted by atomic mass is 79.9. The standard InChI is InChI=1S/C15H13BrF3N/c1-10(20-14-8-6-13(16)7-9-14)11-2-4-12(5-3-11)15(17,18)19/h2-10,20H,1H3. The van der Waals surface area contributed by atoms with Crippen molar-refractivity contribution in [2.75, 3.05) is 5.32 Å². The Bertz CT molecular complexity index is 561. The summed E-state index contributed by atoms with van der Waals surface area (Å²) in [6, 6.07) is 12.8. The van der Waals surface area contributed by atoms with E-state index in [0.717, 1.165) is 27.9 Å². The van der Waals surface area contributed by atoms with Crippen LogP contribution in [0.2, 0.25) is 0 Å². The molecule has 1 N–H and O–H groups in total. The lowest BCUT2D eigenvalue weighted by Gasteiger charge is -2.16. The van der Waals surface area contributed by atoms with Crippen molar-refractivity contribution in [1.29, 1.82) is 0 Å². The molecule has 0 aliphatic heterocycles. The van der Waals surface area contributed by atoms with Crippen LogP contribution in [-0.4, -0.2) is 0 Å². The SMILES string of the molecule is CC(Nc1ccc(Br)cc1)c1ccc(C(F)(F)F)cc1. The normalized spacial score (nSPS) is 13.1. The third-order valence-corrected chi connectivity index (χ3v) is 3.49. The molecule has 5 heteroatoms. The molecule has 2 rings (SSSR count). The van der Waals surface area contributed by atoms with Gasteiger partial charge < -0.3 is 5.32 Å². The molecule has 0 bridgehead atoms. The number of hydrogen-bond donors (Lipinski definition) is 1. The molecule has 1 atom stereocenters. The maximum Gasteiger partial charge on any atom is 0.416 e. The van der Waals surface area contributed by atoms with Crippen LogP contribution < -0.4 is 5.32 Å². The Kier molecular flexibility index (Phi) is 4.38. The van der Waals surface area contributed by atoms with Crippen LogP contribution in [0.4, 0.5) is 18.9 Å². The number of halogens is 4. The summed E-state index contributed by atoms with van der Waals surface area (Å²) in [6.45, 7) is 1.91. The number of hydrogen-bond acceptors (Lipinski definition) is 1. The summed E-state index contributed by atoms with van der Waals surface area (Å²) in [5.74, 6) is 0. The van der Waals surface area contributed by atoms with Crippen molar-refractivity contribution in [3.8, 4) is 0 Å². The highest BCUT2D eigenvalue weighted by molar-refractivity contribution is 9.10. The second-order valence-corrected chi connectivity index (χ2v) is 5.41. The summed E-state index contributed by atoms with van der Waals surface area (Å²) in [5, 5.41) is 3.24. The number of benzene rings is 2. The molecule has 106 valence electrons. The predicted molar refractivity (Wildman–Crippen MR) is 77.6 cm³/mol. The van der Waals surface area contributed by atoms with Gasteiger partial charge in [-0.05, 0) is 48.9 Å². The minimum Gasteiger partial charge on any atom is -0.379 e. The Morgan fingerprint density at radius 3 is 2.00 bits per heavy atom. The molecular formula is C15H13BrF3N. The van der Waals surface area contributed by atoms with E-state index in [9.17, 15) is 13.2 Å². The van der Waals surface area contributed by atoms with E-state index in [2.05, 4.69) is 21.2 Å². The lowest BCUT2D eigenvalue weighted by atomic mass is 10.1. The van der Waals surface area contributed by atoms with Crippen molar-refractivity contribution in [3.63, 3.8) is 0 Å². The molecule has 1 nitrogen and oxygen atoms in total. The Labute approximate surface area is 123 Å². The molecule has 0 aliphatic carbocycles. The summed E-state index contributed by atoms with van der Waals surface area (Å²) in [5.41, 5.74) is 1.10. The maximum atomic E-state index is 12.5. The van der Waals surface area contributed by atoms with Gasteiger partial charge in [0.2, 0.25) is 0 Å². The molecule has 0 radical (unpaired) electrons. The van der Waals surface area contributed by atoms with Crippen molar-refractivity contribution >= 4 is 21.6 Å². The van der Waals surface area contributed by atoms with Gasteiger partial charge >= 0.3 is 6.18 Å². The number of nitrogens with one attached hydrogen (secondary N) is 1. The third-order valence-electron chi connectivity index (χ3n) is 2.97. The third kappa shape index (κ3) is 3.76. The van der Waals surface area contributed by atoms with Gasteiger partial charge in [-0.1, -0.05) is 28.1 Å². The Morgan fingerprint density at radius 2 is 1.50 bits per heavy atom. The summed E-state index contributed by atoms with van der Waals surface area (Å²) < 4.78 is 38.4. The predicted octanol–water partition coefficient (Wildman–Crippen LogP) is 5.64. The first-order valence-corrected chi connectivity index (χ1v) is 6.85. The second-order valence-electron chi connectivity index (χ2n) is 4.49. The van der Waals surface area contributed by atoms with Gasteiger partial charge in [-0.2, -0.15) is 13.2 Å². The Morgan fingerprint density at radius 1 is 0.950 bits per heavy atom. The maximum absolute atomic E-state index is 12.5. The Hall–Kier alpha value is -1.49. The molecule has 2 aromatic rings. The van der Waals surface area contributed by atoms with Gasteiger partial charge in [0.05, 0.1) is 5.56 Å². The van der Waals surface area contributed by atoms with E-state index in [1.165, 1.54) is 12.1 Å². The number of rotatable bonds is 3. The lowest BCUT2D eigenvalue weighted by Crippen LogP contribution is -2.08. The first kappa shape index (κ1) is 14.9. The quantitative estimate of drug-likeness (QED) is 0.760. The summed E-state index contributed by atoms with van der Waals surface area (Å²) in [6.07, 6.45) is -4.29. The van der Waals surface area contributed by atoms with E-state index in [-0.39, 0.29) is 6.04 Å². The largest absolute Gasteiger partial charge is 0.416 e. The molecule has 0 saturated heterocycles. The fourth-order valence-corrected chi connectivity index (χ4v) is 2.10. The van der Waals surface area contributed by atoms with Crippen molar-refractivity contribution in [2.45, 2.75) is 19.1 Å². The van der Waals surface area contributed by atoms with Crippen molar-refractivity contribution in [3.05, 3.63) is 64.1 Å². The minimum absolute atomic E-state index is 0.0709. The molecule has 0 aromatic heterocycles. The number of alkyl halides is 3. The molecule has 0 fully saturated rings. The zero-order chi connectivity index (χ0) is 14.8. The van der Waals surface area contributed by atoms with Crippen molar-refractivity contribution < 1.29 is 13.2 Å². The van der Waals surface area contributed by atoms with Crippen LogP contribution in [0, 0.1) is 0 Å². The summed E-state index contributed by atoms with van der Waals surface area (Å²) >= 11 is 3.35. The Balaban J connectivity index is 2.09. The highest BCUT2D eigenvalue weighted by Crippen LogP contribution is 2.30. The molecule has 0 saturated carbocycles. The number of anilines is 1. The molecule has 1 unspecified atom stereocenters. The van der Waals surface area contributed by atoms with E-state index in [4.69, 9.17) is 0 Å². The van der Waals surface area contributed by atoms with Crippen LogP contribution in [0.5, 0.6) is 0 Å². The first-order valence-electron chi connectivity index (χ1n) is 6.05. The van der Waals surface area contributed by atoms with Crippen LogP contribution in [0.1, 0.15) is 24.1 Å². The average Bonchev–Trinajstić information content (AvgIpc) is 2.40. The molecule has 2 aromatic carbocycles. The van der Waals surface area contributed by atoms with Gasteiger partial charge in [0.1, 0.15) is 0 Å². The molecule has 0 amide bonds. The van der Waals surface area contributed by atoms with Crippen molar-refractivity contribution in [1.82, 2.24) is 0 Å².